The summed E-state index contributed by atoms with van der Waals surface area (Å²) in [6.07, 6.45) is 5.32. The number of hydrogen-bond donors (Lipinski definition) is 1. The average molecular weight is 295 g/mol. The van der Waals surface area contributed by atoms with Crippen LogP contribution in [0.25, 0.3) is 0 Å². The molecule has 2 heterocycles. The molecular formula is C14H19ClN4O. The van der Waals surface area contributed by atoms with E-state index in [9.17, 15) is 0 Å². The molecule has 2 rings (SSSR count). The van der Waals surface area contributed by atoms with Crippen molar-refractivity contribution in [3.63, 3.8) is 0 Å². The standard InChI is InChI=1S/C14H19ClN4O/c1-10-4-5-17-8-11(10)13(16-2)14-12(15)9-18-19(14)6-7-20-3/h4-5,8-9,13,16H,6-7H2,1-3H3. The van der Waals surface area contributed by atoms with Crippen molar-refractivity contribution >= 4 is 11.6 Å². The van der Waals surface area contributed by atoms with Gasteiger partial charge in [-0.2, -0.15) is 5.10 Å². The third-order valence-electron chi connectivity index (χ3n) is 3.29. The number of pyridine rings is 1. The maximum Gasteiger partial charge on any atom is 0.0837 e. The van der Waals surface area contributed by atoms with E-state index in [1.54, 1.807) is 19.5 Å². The predicted octanol–water partition coefficient (Wildman–Crippen LogP) is 2.20. The highest BCUT2D eigenvalue weighted by atomic mass is 35.5. The Morgan fingerprint density at radius 2 is 2.25 bits per heavy atom. The molecule has 0 saturated heterocycles. The Morgan fingerprint density at radius 3 is 2.90 bits per heavy atom. The summed E-state index contributed by atoms with van der Waals surface area (Å²) >= 11 is 6.32. The maximum atomic E-state index is 6.32. The molecule has 1 atom stereocenters. The molecule has 2 aromatic heterocycles. The second kappa shape index (κ2) is 6.83. The van der Waals surface area contributed by atoms with Gasteiger partial charge in [0.05, 0.1) is 36.1 Å². The molecule has 1 N–H and O–H groups in total. The Kier molecular flexibility index (Phi) is 5.11. The Morgan fingerprint density at radius 1 is 1.45 bits per heavy atom. The fourth-order valence-electron chi connectivity index (χ4n) is 2.23. The van der Waals surface area contributed by atoms with E-state index in [4.69, 9.17) is 16.3 Å². The van der Waals surface area contributed by atoms with Gasteiger partial charge in [-0.3, -0.25) is 9.67 Å². The first-order valence-corrected chi connectivity index (χ1v) is 6.84. The summed E-state index contributed by atoms with van der Waals surface area (Å²) in [5.41, 5.74) is 3.19. The molecule has 108 valence electrons. The number of halogens is 1. The molecule has 0 saturated carbocycles. The maximum absolute atomic E-state index is 6.32. The Hall–Kier alpha value is -1.43. The van der Waals surface area contributed by atoms with Gasteiger partial charge in [-0.15, -0.1) is 0 Å². The smallest absolute Gasteiger partial charge is 0.0837 e. The van der Waals surface area contributed by atoms with Crippen LogP contribution in [0, 0.1) is 6.92 Å². The van der Waals surface area contributed by atoms with E-state index in [0.717, 1.165) is 16.8 Å². The molecule has 5 nitrogen and oxygen atoms in total. The molecule has 0 aliphatic rings. The predicted molar refractivity (Wildman–Crippen MR) is 79.0 cm³/mol. The second-order valence-corrected chi connectivity index (χ2v) is 4.95. The van der Waals surface area contributed by atoms with Gasteiger partial charge in [0, 0.05) is 19.5 Å². The van der Waals surface area contributed by atoms with Gasteiger partial charge in [0.15, 0.2) is 0 Å². The zero-order valence-corrected chi connectivity index (χ0v) is 12.7. The molecule has 0 radical (unpaired) electrons. The molecule has 0 amide bonds. The lowest BCUT2D eigenvalue weighted by molar-refractivity contribution is 0.182. The molecule has 1 unspecified atom stereocenters. The van der Waals surface area contributed by atoms with Crippen molar-refractivity contribution in [2.45, 2.75) is 19.5 Å². The minimum Gasteiger partial charge on any atom is -0.383 e. The molecule has 0 bridgehead atoms. The van der Waals surface area contributed by atoms with Crippen molar-refractivity contribution in [1.82, 2.24) is 20.1 Å². The normalized spacial score (nSPS) is 12.6. The minimum absolute atomic E-state index is 0.0458. The fourth-order valence-corrected chi connectivity index (χ4v) is 2.48. The lowest BCUT2D eigenvalue weighted by atomic mass is 10.0. The first-order chi connectivity index (χ1) is 9.69. The van der Waals surface area contributed by atoms with Gasteiger partial charge >= 0.3 is 0 Å². The van der Waals surface area contributed by atoms with E-state index in [0.29, 0.717) is 18.2 Å². The number of aryl methyl sites for hydroxylation is 1. The summed E-state index contributed by atoms with van der Waals surface area (Å²) < 4.78 is 6.99. The average Bonchev–Trinajstić information content (AvgIpc) is 2.81. The van der Waals surface area contributed by atoms with Gasteiger partial charge in [0.25, 0.3) is 0 Å². The Bertz CT molecular complexity index is 570. The topological polar surface area (TPSA) is 52.0 Å². The lowest BCUT2D eigenvalue weighted by Crippen LogP contribution is -2.23. The van der Waals surface area contributed by atoms with Crippen LogP contribution < -0.4 is 5.32 Å². The van der Waals surface area contributed by atoms with E-state index < -0.39 is 0 Å². The van der Waals surface area contributed by atoms with E-state index in [2.05, 4.69) is 22.3 Å². The molecule has 0 aromatic carbocycles. The van der Waals surface area contributed by atoms with Crippen molar-refractivity contribution in [2.75, 3.05) is 20.8 Å². The third-order valence-corrected chi connectivity index (χ3v) is 3.58. The third kappa shape index (κ3) is 3.00. The van der Waals surface area contributed by atoms with Crippen LogP contribution in [-0.2, 0) is 11.3 Å². The molecule has 0 fully saturated rings. The monoisotopic (exact) mass is 294 g/mol. The number of hydrogen-bond acceptors (Lipinski definition) is 4. The minimum atomic E-state index is -0.0458. The van der Waals surface area contributed by atoms with E-state index in [1.165, 1.54) is 0 Å². The van der Waals surface area contributed by atoms with Crippen molar-refractivity contribution in [2.24, 2.45) is 0 Å². The summed E-state index contributed by atoms with van der Waals surface area (Å²) in [4.78, 5) is 4.21. The van der Waals surface area contributed by atoms with Crippen molar-refractivity contribution in [3.05, 3.63) is 46.5 Å². The van der Waals surface area contributed by atoms with Gasteiger partial charge in [-0.25, -0.2) is 0 Å². The second-order valence-electron chi connectivity index (χ2n) is 4.55. The first-order valence-electron chi connectivity index (χ1n) is 6.47. The Balaban J connectivity index is 2.42. The quantitative estimate of drug-likeness (QED) is 0.887. The molecule has 0 aliphatic heterocycles. The largest absolute Gasteiger partial charge is 0.383 e. The molecule has 20 heavy (non-hydrogen) atoms. The van der Waals surface area contributed by atoms with Gasteiger partial charge in [0.1, 0.15) is 0 Å². The van der Waals surface area contributed by atoms with Crippen LogP contribution in [-0.4, -0.2) is 35.5 Å². The fraction of sp³-hybridized carbons (Fsp3) is 0.429. The van der Waals surface area contributed by atoms with Gasteiger partial charge in [-0.05, 0) is 31.2 Å². The van der Waals surface area contributed by atoms with Crippen LogP contribution in [0.3, 0.4) is 0 Å². The zero-order valence-electron chi connectivity index (χ0n) is 11.9. The van der Waals surface area contributed by atoms with E-state index in [-0.39, 0.29) is 6.04 Å². The lowest BCUT2D eigenvalue weighted by Gasteiger charge is -2.20. The van der Waals surface area contributed by atoms with Crippen molar-refractivity contribution in [1.29, 1.82) is 0 Å². The molecule has 0 spiro atoms. The molecule has 2 aromatic rings. The van der Waals surface area contributed by atoms with Crippen molar-refractivity contribution < 1.29 is 4.74 Å². The van der Waals surface area contributed by atoms with E-state index in [1.807, 2.05) is 24.0 Å². The highest BCUT2D eigenvalue weighted by molar-refractivity contribution is 6.31. The van der Waals surface area contributed by atoms with Crippen LogP contribution in [0.1, 0.15) is 22.9 Å². The van der Waals surface area contributed by atoms with Gasteiger partial charge < -0.3 is 10.1 Å². The highest BCUT2D eigenvalue weighted by Gasteiger charge is 2.22. The van der Waals surface area contributed by atoms with Crippen LogP contribution >= 0.6 is 11.6 Å². The number of rotatable bonds is 6. The summed E-state index contributed by atoms with van der Waals surface area (Å²) in [7, 11) is 3.58. The molecular weight excluding hydrogens is 276 g/mol. The highest BCUT2D eigenvalue weighted by Crippen LogP contribution is 2.29. The SMILES string of the molecule is CNC(c1cnccc1C)c1c(Cl)cnn1CCOC. The van der Waals surface area contributed by atoms with Crippen LogP contribution in [0.2, 0.25) is 5.02 Å². The van der Waals surface area contributed by atoms with Crippen LogP contribution in [0.5, 0.6) is 0 Å². The van der Waals surface area contributed by atoms with E-state index >= 15 is 0 Å². The van der Waals surface area contributed by atoms with Crippen LogP contribution in [0.4, 0.5) is 0 Å². The summed E-state index contributed by atoms with van der Waals surface area (Å²) in [6.45, 7) is 3.31. The number of aromatic nitrogens is 3. The Labute approximate surface area is 123 Å². The zero-order chi connectivity index (χ0) is 14.5. The molecule has 0 aliphatic carbocycles. The summed E-state index contributed by atoms with van der Waals surface area (Å²) in [5.74, 6) is 0. The number of nitrogens with one attached hydrogen (secondary N) is 1. The summed E-state index contributed by atoms with van der Waals surface area (Å²) in [5, 5.41) is 8.26. The number of methoxy groups -OCH3 is 1. The molecule has 6 heteroatoms. The first kappa shape index (κ1) is 15.0. The number of nitrogens with zero attached hydrogens (tertiary/aromatic N) is 3. The van der Waals surface area contributed by atoms with Gasteiger partial charge in [0.2, 0.25) is 0 Å². The van der Waals surface area contributed by atoms with Gasteiger partial charge in [-0.1, -0.05) is 11.6 Å². The summed E-state index contributed by atoms with van der Waals surface area (Å²) in [6, 6.07) is 1.94. The number of ether oxygens (including phenoxy) is 1. The van der Waals surface area contributed by atoms with Crippen LogP contribution in [0.15, 0.2) is 24.7 Å². The van der Waals surface area contributed by atoms with Crippen molar-refractivity contribution in [3.8, 4) is 0 Å².